The number of rotatable bonds is 8. The summed E-state index contributed by atoms with van der Waals surface area (Å²) in [5.41, 5.74) is 2.71. The smallest absolute Gasteiger partial charge is 0.335 e. The number of aliphatic hydroxyl groups excluding tert-OH is 1. The highest BCUT2D eigenvalue weighted by molar-refractivity contribution is 7.89. The summed E-state index contributed by atoms with van der Waals surface area (Å²) in [4.78, 5) is 14.2. The minimum Gasteiger partial charge on any atom is -0.490 e. The quantitative estimate of drug-likeness (QED) is 0.366. The number of halogens is 1. The van der Waals surface area contributed by atoms with Gasteiger partial charge in [0, 0.05) is 28.9 Å². The number of aryl methyl sites for hydroxylation is 1. The van der Waals surface area contributed by atoms with Gasteiger partial charge < -0.3 is 19.8 Å². The van der Waals surface area contributed by atoms with Gasteiger partial charge in [-0.05, 0) is 92.8 Å². The molecule has 10 heteroatoms. The van der Waals surface area contributed by atoms with E-state index in [1.165, 1.54) is 11.1 Å². The molecule has 1 heterocycles. The Morgan fingerprint density at radius 3 is 2.73 bits per heavy atom. The number of anilines is 1. The van der Waals surface area contributed by atoms with E-state index in [1.807, 2.05) is 12.1 Å². The van der Waals surface area contributed by atoms with Crippen molar-refractivity contribution in [3.05, 3.63) is 70.3 Å². The number of aliphatic hydroxyl groups is 1. The summed E-state index contributed by atoms with van der Waals surface area (Å²) in [7, 11) is -3.64. The Morgan fingerprint density at radius 2 is 2.05 bits per heavy atom. The standard InChI is InChI=1S/C31H39ClN2O6S/c1-20(41(33,38)39)5-3-7-28(35)30(2)14-12-23(30)17-34-18-31(13-4-6-21-15-24(32)9-10-25(21)31)19-40-27-11-8-22(29(36)37)16-26(27)34/h3,7-11,15-16,20,23,28,35H,4-6,12-14,17-19H2,1-2H3,(H,36,37)(H2,33,38,39)/b7-3+/t20-,23-,28-,30+,31+/m1/s1. The van der Waals surface area contributed by atoms with Gasteiger partial charge >= 0.3 is 5.97 Å². The second kappa shape index (κ2) is 11.2. The molecule has 0 saturated heterocycles. The zero-order valence-electron chi connectivity index (χ0n) is 23.6. The van der Waals surface area contributed by atoms with Crippen LogP contribution in [0.1, 0.15) is 67.4 Å². The second-order valence-corrected chi connectivity index (χ2v) is 14.8. The van der Waals surface area contributed by atoms with Crippen molar-refractivity contribution in [2.45, 2.75) is 69.1 Å². The lowest BCUT2D eigenvalue weighted by molar-refractivity contribution is -0.0469. The predicted octanol–water partition coefficient (Wildman–Crippen LogP) is 4.91. The minimum absolute atomic E-state index is 0.127. The first-order valence-corrected chi connectivity index (χ1v) is 16.2. The maximum Gasteiger partial charge on any atom is 0.335 e. The Hall–Kier alpha value is -2.59. The molecule has 0 aromatic heterocycles. The Labute approximate surface area is 247 Å². The molecule has 8 nitrogen and oxygen atoms in total. The van der Waals surface area contributed by atoms with Crippen LogP contribution in [0.15, 0.2) is 48.6 Å². The topological polar surface area (TPSA) is 130 Å². The van der Waals surface area contributed by atoms with Gasteiger partial charge in [0.1, 0.15) is 5.75 Å². The van der Waals surface area contributed by atoms with Gasteiger partial charge in [0.05, 0.1) is 29.2 Å². The molecule has 4 N–H and O–H groups in total. The van der Waals surface area contributed by atoms with E-state index in [1.54, 1.807) is 37.3 Å². The molecule has 0 amide bonds. The van der Waals surface area contributed by atoms with Crippen LogP contribution in [0, 0.1) is 11.3 Å². The molecule has 3 aliphatic rings. The van der Waals surface area contributed by atoms with Crippen LogP contribution in [0.4, 0.5) is 5.69 Å². The van der Waals surface area contributed by atoms with Crippen LogP contribution in [0.5, 0.6) is 5.75 Å². The van der Waals surface area contributed by atoms with E-state index in [0.717, 1.165) is 37.8 Å². The summed E-state index contributed by atoms with van der Waals surface area (Å²) in [5, 5.41) is 26.2. The van der Waals surface area contributed by atoms with Crippen molar-refractivity contribution in [1.29, 1.82) is 0 Å². The number of primary sulfonamides is 1. The molecule has 2 aromatic carbocycles. The fourth-order valence-electron chi connectivity index (χ4n) is 6.76. The average Bonchev–Trinajstić information content (AvgIpc) is 3.06. The number of carbonyl (C=O) groups is 1. The molecular formula is C31H39ClN2O6S. The van der Waals surface area contributed by atoms with Crippen molar-refractivity contribution in [1.82, 2.24) is 0 Å². The number of allylic oxidation sites excluding steroid dienone is 1. The summed E-state index contributed by atoms with van der Waals surface area (Å²) in [6.45, 7) is 5.38. The number of nitrogens with two attached hydrogens (primary N) is 1. The zero-order chi connectivity index (χ0) is 29.6. The molecule has 2 aliphatic carbocycles. The highest BCUT2D eigenvalue weighted by Gasteiger charge is 2.49. The van der Waals surface area contributed by atoms with Gasteiger partial charge in [0.15, 0.2) is 0 Å². The monoisotopic (exact) mass is 602 g/mol. The first kappa shape index (κ1) is 29.9. The third-order valence-electron chi connectivity index (χ3n) is 9.71. The SMILES string of the molecule is C[C@H](C/C=C/[C@@H](O)[C@@]1(C)CC[C@@H]1CN1C[C@@]2(CCCc3cc(Cl)ccc32)COc2ccc(C(=O)O)cc21)S(N)(=O)=O. The fraction of sp³-hybridized carbons (Fsp3) is 0.516. The minimum atomic E-state index is -3.64. The molecule has 0 radical (unpaired) electrons. The number of fused-ring (bicyclic) bond motifs is 3. The molecule has 41 heavy (non-hydrogen) atoms. The van der Waals surface area contributed by atoms with Gasteiger partial charge in [0.25, 0.3) is 0 Å². The highest BCUT2D eigenvalue weighted by atomic mass is 35.5. The van der Waals surface area contributed by atoms with Crippen molar-refractivity contribution in [2.24, 2.45) is 16.5 Å². The van der Waals surface area contributed by atoms with Crippen molar-refractivity contribution in [3.63, 3.8) is 0 Å². The summed E-state index contributed by atoms with van der Waals surface area (Å²) >= 11 is 6.35. The first-order valence-electron chi connectivity index (χ1n) is 14.2. The lowest BCUT2D eigenvalue weighted by Crippen LogP contribution is -2.53. The van der Waals surface area contributed by atoms with Gasteiger partial charge in [-0.15, -0.1) is 0 Å². The average molecular weight is 603 g/mol. The summed E-state index contributed by atoms with van der Waals surface area (Å²) in [6, 6.07) is 11.1. The van der Waals surface area contributed by atoms with Crippen molar-refractivity contribution in [2.75, 3.05) is 24.6 Å². The van der Waals surface area contributed by atoms with Gasteiger partial charge in [-0.25, -0.2) is 18.4 Å². The van der Waals surface area contributed by atoms with Crippen LogP contribution in [-0.4, -0.2) is 55.7 Å². The molecular weight excluding hydrogens is 564 g/mol. The van der Waals surface area contributed by atoms with Gasteiger partial charge in [0.2, 0.25) is 10.0 Å². The summed E-state index contributed by atoms with van der Waals surface area (Å²) in [6.07, 6.45) is 7.51. The Morgan fingerprint density at radius 1 is 1.27 bits per heavy atom. The number of aromatic carboxylic acids is 1. The Bertz CT molecular complexity index is 1460. The number of carboxylic acid groups (broad SMARTS) is 1. The zero-order valence-corrected chi connectivity index (χ0v) is 25.1. The lowest BCUT2D eigenvalue weighted by Gasteiger charge is -2.52. The van der Waals surface area contributed by atoms with Crippen LogP contribution < -0.4 is 14.8 Å². The molecule has 1 spiro atoms. The van der Waals surface area contributed by atoms with E-state index < -0.39 is 32.8 Å². The maximum absolute atomic E-state index is 11.9. The van der Waals surface area contributed by atoms with E-state index in [4.69, 9.17) is 21.5 Å². The third-order valence-corrected chi connectivity index (χ3v) is 11.3. The van der Waals surface area contributed by atoms with Gasteiger partial charge in [-0.1, -0.05) is 36.7 Å². The highest BCUT2D eigenvalue weighted by Crippen LogP contribution is 2.52. The number of nitrogens with zero attached hydrogens (tertiary/aromatic N) is 1. The normalized spacial score (nSPS) is 27.3. The van der Waals surface area contributed by atoms with E-state index in [0.29, 0.717) is 30.5 Å². The molecule has 1 fully saturated rings. The number of benzene rings is 2. The molecule has 2 aromatic rings. The summed E-state index contributed by atoms with van der Waals surface area (Å²) < 4.78 is 29.6. The van der Waals surface area contributed by atoms with Gasteiger partial charge in [-0.2, -0.15) is 0 Å². The fourth-order valence-corrected chi connectivity index (χ4v) is 7.33. The molecule has 222 valence electrons. The Balaban J connectivity index is 1.45. The molecule has 0 bridgehead atoms. The second-order valence-electron chi connectivity index (χ2n) is 12.3. The first-order chi connectivity index (χ1) is 19.3. The van der Waals surface area contributed by atoms with E-state index >= 15 is 0 Å². The Kier molecular flexibility index (Phi) is 8.20. The van der Waals surface area contributed by atoms with Gasteiger partial charge in [-0.3, -0.25) is 0 Å². The van der Waals surface area contributed by atoms with E-state index in [2.05, 4.69) is 17.9 Å². The van der Waals surface area contributed by atoms with Crippen LogP contribution in [0.3, 0.4) is 0 Å². The number of hydrogen-bond donors (Lipinski definition) is 3. The molecule has 1 aliphatic heterocycles. The molecule has 0 unspecified atom stereocenters. The molecule has 1 saturated carbocycles. The van der Waals surface area contributed by atoms with E-state index in [-0.39, 0.29) is 23.3 Å². The van der Waals surface area contributed by atoms with E-state index in [9.17, 15) is 23.4 Å². The van der Waals surface area contributed by atoms with Crippen LogP contribution in [0.25, 0.3) is 0 Å². The van der Waals surface area contributed by atoms with Crippen molar-refractivity contribution >= 4 is 33.3 Å². The van der Waals surface area contributed by atoms with Crippen LogP contribution in [0.2, 0.25) is 5.02 Å². The largest absolute Gasteiger partial charge is 0.490 e. The predicted molar refractivity (Wildman–Crippen MR) is 160 cm³/mol. The number of carboxylic acids is 1. The third kappa shape index (κ3) is 5.87. The molecule has 5 atom stereocenters. The maximum atomic E-state index is 11.9. The van der Waals surface area contributed by atoms with Crippen LogP contribution in [-0.2, 0) is 21.9 Å². The number of ether oxygens (including phenoxy) is 1. The van der Waals surface area contributed by atoms with Crippen molar-refractivity contribution < 1.29 is 28.2 Å². The lowest BCUT2D eigenvalue weighted by atomic mass is 9.58. The number of sulfonamides is 1. The van der Waals surface area contributed by atoms with Crippen molar-refractivity contribution in [3.8, 4) is 5.75 Å². The van der Waals surface area contributed by atoms with Crippen LogP contribution >= 0.6 is 11.6 Å². The number of hydrogen-bond acceptors (Lipinski definition) is 6. The molecule has 5 rings (SSSR count). The summed E-state index contributed by atoms with van der Waals surface area (Å²) in [5.74, 6) is -0.207.